The number of hydrogen-bond donors (Lipinski definition) is 0. The van der Waals surface area contributed by atoms with E-state index in [-0.39, 0.29) is 0 Å². The van der Waals surface area contributed by atoms with Gasteiger partial charge in [-0.05, 0) is 18.5 Å². The summed E-state index contributed by atoms with van der Waals surface area (Å²) in [6.07, 6.45) is 2.97. The van der Waals surface area contributed by atoms with Crippen molar-refractivity contribution in [2.45, 2.75) is 18.9 Å². The Labute approximate surface area is 107 Å². The number of aryl methyl sites for hydroxylation is 1. The second-order valence-electron chi connectivity index (χ2n) is 5.01. The molecule has 0 amide bonds. The zero-order chi connectivity index (χ0) is 12.4. The highest BCUT2D eigenvalue weighted by atomic mass is 15.3. The highest BCUT2D eigenvalue weighted by molar-refractivity contribution is 5.15. The first-order chi connectivity index (χ1) is 8.83. The largest absolute Gasteiger partial charge is 0.320 e. The van der Waals surface area contributed by atoms with Gasteiger partial charge < -0.3 is 4.57 Å². The SMILES string of the molecule is Cn1cnnc1[C@@H]1CCN(Cc2ccccc2)C1. The molecule has 2 aromatic rings. The monoisotopic (exact) mass is 242 g/mol. The molecular formula is C14H18N4. The fourth-order valence-corrected chi connectivity index (χ4v) is 2.69. The van der Waals surface area contributed by atoms with E-state index in [1.165, 1.54) is 12.0 Å². The Morgan fingerprint density at radius 3 is 2.83 bits per heavy atom. The van der Waals surface area contributed by atoms with Crippen LogP contribution in [-0.4, -0.2) is 32.8 Å². The molecule has 0 saturated carbocycles. The van der Waals surface area contributed by atoms with E-state index in [0.717, 1.165) is 25.5 Å². The molecule has 0 N–H and O–H groups in total. The molecule has 0 unspecified atom stereocenters. The van der Waals surface area contributed by atoms with Crippen molar-refractivity contribution in [1.82, 2.24) is 19.7 Å². The fraction of sp³-hybridized carbons (Fsp3) is 0.429. The number of aromatic nitrogens is 3. The lowest BCUT2D eigenvalue weighted by Crippen LogP contribution is -2.20. The molecule has 3 rings (SSSR count). The lowest BCUT2D eigenvalue weighted by molar-refractivity contribution is 0.325. The summed E-state index contributed by atoms with van der Waals surface area (Å²) in [5.74, 6) is 1.65. The van der Waals surface area contributed by atoms with Gasteiger partial charge in [-0.15, -0.1) is 10.2 Å². The summed E-state index contributed by atoms with van der Waals surface area (Å²) in [6.45, 7) is 3.27. The molecule has 1 saturated heterocycles. The van der Waals surface area contributed by atoms with Crippen LogP contribution in [0.4, 0.5) is 0 Å². The highest BCUT2D eigenvalue weighted by Gasteiger charge is 2.26. The molecule has 0 spiro atoms. The van der Waals surface area contributed by atoms with Crippen LogP contribution in [0, 0.1) is 0 Å². The van der Waals surface area contributed by atoms with Crippen molar-refractivity contribution in [1.29, 1.82) is 0 Å². The van der Waals surface area contributed by atoms with Gasteiger partial charge in [0, 0.05) is 26.1 Å². The van der Waals surface area contributed by atoms with Crippen LogP contribution in [0.25, 0.3) is 0 Å². The number of nitrogens with zero attached hydrogens (tertiary/aromatic N) is 4. The maximum Gasteiger partial charge on any atom is 0.136 e. The molecule has 4 heteroatoms. The summed E-state index contributed by atoms with van der Waals surface area (Å²) in [7, 11) is 2.02. The van der Waals surface area contributed by atoms with E-state index in [9.17, 15) is 0 Å². The Hall–Kier alpha value is -1.68. The minimum atomic E-state index is 0.529. The van der Waals surface area contributed by atoms with Crippen molar-refractivity contribution >= 4 is 0 Å². The van der Waals surface area contributed by atoms with Crippen molar-refractivity contribution < 1.29 is 0 Å². The Morgan fingerprint density at radius 1 is 1.28 bits per heavy atom. The summed E-state index contributed by atoms with van der Waals surface area (Å²) in [5.41, 5.74) is 1.39. The molecule has 0 bridgehead atoms. The molecule has 1 aliphatic rings. The van der Waals surface area contributed by atoms with Crippen molar-refractivity contribution in [3.05, 3.63) is 48.0 Å². The van der Waals surface area contributed by atoms with Crippen LogP contribution in [0.3, 0.4) is 0 Å². The maximum absolute atomic E-state index is 4.23. The minimum absolute atomic E-state index is 0.529. The van der Waals surface area contributed by atoms with Crippen LogP contribution in [0.2, 0.25) is 0 Å². The van der Waals surface area contributed by atoms with Crippen molar-refractivity contribution in [2.75, 3.05) is 13.1 Å². The molecule has 1 atom stereocenters. The normalized spacial score (nSPS) is 20.4. The number of benzene rings is 1. The lowest BCUT2D eigenvalue weighted by atomic mass is 10.1. The molecule has 1 aromatic heterocycles. The van der Waals surface area contributed by atoms with Gasteiger partial charge in [-0.1, -0.05) is 30.3 Å². The smallest absolute Gasteiger partial charge is 0.136 e. The van der Waals surface area contributed by atoms with E-state index in [2.05, 4.69) is 45.4 Å². The Kier molecular flexibility index (Phi) is 3.11. The topological polar surface area (TPSA) is 34.0 Å². The summed E-state index contributed by atoms with van der Waals surface area (Å²) < 4.78 is 2.04. The predicted octanol–water partition coefficient (Wildman–Crippen LogP) is 1.80. The van der Waals surface area contributed by atoms with Gasteiger partial charge in [-0.2, -0.15) is 0 Å². The molecule has 1 aliphatic heterocycles. The first-order valence-corrected chi connectivity index (χ1v) is 6.43. The van der Waals surface area contributed by atoms with Crippen molar-refractivity contribution in [2.24, 2.45) is 7.05 Å². The molecule has 18 heavy (non-hydrogen) atoms. The molecule has 94 valence electrons. The Balaban J connectivity index is 1.64. The van der Waals surface area contributed by atoms with Crippen LogP contribution >= 0.6 is 0 Å². The van der Waals surface area contributed by atoms with Crippen LogP contribution in [0.5, 0.6) is 0 Å². The van der Waals surface area contributed by atoms with Gasteiger partial charge >= 0.3 is 0 Å². The Morgan fingerprint density at radius 2 is 2.11 bits per heavy atom. The number of hydrogen-bond acceptors (Lipinski definition) is 3. The molecule has 1 aromatic carbocycles. The second-order valence-corrected chi connectivity index (χ2v) is 5.01. The van der Waals surface area contributed by atoms with Gasteiger partial charge in [0.15, 0.2) is 0 Å². The third-order valence-corrected chi connectivity index (χ3v) is 3.63. The van der Waals surface area contributed by atoms with E-state index in [1.807, 2.05) is 11.6 Å². The zero-order valence-electron chi connectivity index (χ0n) is 10.7. The second kappa shape index (κ2) is 4.90. The molecule has 4 nitrogen and oxygen atoms in total. The standard InChI is InChI=1S/C14H18N4/c1-17-11-15-16-14(17)13-7-8-18(10-13)9-12-5-3-2-4-6-12/h2-6,11,13H,7-10H2,1H3/t13-/m1/s1. The lowest BCUT2D eigenvalue weighted by Gasteiger charge is -2.15. The third kappa shape index (κ3) is 2.29. The number of likely N-dealkylation sites (tertiary alicyclic amines) is 1. The van der Waals surface area contributed by atoms with Gasteiger partial charge in [0.2, 0.25) is 0 Å². The minimum Gasteiger partial charge on any atom is -0.320 e. The van der Waals surface area contributed by atoms with E-state index < -0.39 is 0 Å². The van der Waals surface area contributed by atoms with E-state index in [0.29, 0.717) is 5.92 Å². The summed E-state index contributed by atoms with van der Waals surface area (Å²) in [4.78, 5) is 2.49. The van der Waals surface area contributed by atoms with Crippen molar-refractivity contribution in [3.8, 4) is 0 Å². The fourth-order valence-electron chi connectivity index (χ4n) is 2.69. The average molecular weight is 242 g/mol. The van der Waals surface area contributed by atoms with Crippen LogP contribution in [-0.2, 0) is 13.6 Å². The highest BCUT2D eigenvalue weighted by Crippen LogP contribution is 2.26. The summed E-state index contributed by atoms with van der Waals surface area (Å²) in [6, 6.07) is 10.7. The summed E-state index contributed by atoms with van der Waals surface area (Å²) >= 11 is 0. The van der Waals surface area contributed by atoms with Crippen LogP contribution in [0.15, 0.2) is 36.7 Å². The molecule has 2 heterocycles. The molecule has 1 fully saturated rings. The predicted molar refractivity (Wildman–Crippen MR) is 70.1 cm³/mol. The van der Waals surface area contributed by atoms with E-state index >= 15 is 0 Å². The quantitative estimate of drug-likeness (QED) is 0.823. The van der Waals surface area contributed by atoms with E-state index in [4.69, 9.17) is 0 Å². The summed E-state index contributed by atoms with van der Waals surface area (Å²) in [5, 5.41) is 8.20. The van der Waals surface area contributed by atoms with E-state index in [1.54, 1.807) is 6.33 Å². The third-order valence-electron chi connectivity index (χ3n) is 3.63. The molecular weight excluding hydrogens is 224 g/mol. The maximum atomic E-state index is 4.23. The number of rotatable bonds is 3. The van der Waals surface area contributed by atoms with Crippen LogP contribution in [0.1, 0.15) is 23.7 Å². The first-order valence-electron chi connectivity index (χ1n) is 6.43. The van der Waals surface area contributed by atoms with Gasteiger partial charge in [0.25, 0.3) is 0 Å². The van der Waals surface area contributed by atoms with Gasteiger partial charge in [-0.3, -0.25) is 4.90 Å². The van der Waals surface area contributed by atoms with Gasteiger partial charge in [0.05, 0.1) is 0 Å². The molecule has 0 aliphatic carbocycles. The van der Waals surface area contributed by atoms with Crippen LogP contribution < -0.4 is 0 Å². The zero-order valence-corrected chi connectivity index (χ0v) is 10.7. The first kappa shape index (κ1) is 11.4. The Bertz CT molecular complexity index is 506. The van der Waals surface area contributed by atoms with Gasteiger partial charge in [-0.25, -0.2) is 0 Å². The van der Waals surface area contributed by atoms with Gasteiger partial charge in [0.1, 0.15) is 12.2 Å². The average Bonchev–Trinajstić information content (AvgIpc) is 2.99. The molecule has 0 radical (unpaired) electrons. The van der Waals surface area contributed by atoms with Crippen molar-refractivity contribution in [3.63, 3.8) is 0 Å².